The molecule has 0 bridgehead atoms. The summed E-state index contributed by atoms with van der Waals surface area (Å²) in [6.07, 6.45) is 1.48. The predicted molar refractivity (Wildman–Crippen MR) is 88.2 cm³/mol. The molecule has 2 heterocycles. The molecular formula is C17H21N3O4. The first-order valence-electron chi connectivity index (χ1n) is 7.95. The second-order valence-electron chi connectivity index (χ2n) is 6.02. The molecule has 0 saturated carbocycles. The number of aromatic nitrogens is 2. The Bertz CT molecular complexity index is 726. The lowest BCUT2D eigenvalue weighted by atomic mass is 10.0. The van der Waals surface area contributed by atoms with Crippen LogP contribution in [0.2, 0.25) is 0 Å². The largest absolute Gasteiger partial charge is 0.486 e. The molecule has 3 rings (SSSR count). The molecule has 2 aromatic rings. The van der Waals surface area contributed by atoms with Crippen molar-refractivity contribution in [1.82, 2.24) is 15.5 Å². The molecule has 0 spiro atoms. The Morgan fingerprint density at radius 2 is 2.08 bits per heavy atom. The summed E-state index contributed by atoms with van der Waals surface area (Å²) in [5, 5.41) is 19.1. The van der Waals surface area contributed by atoms with Crippen molar-refractivity contribution in [2.24, 2.45) is 5.92 Å². The fourth-order valence-electron chi connectivity index (χ4n) is 2.55. The highest BCUT2D eigenvalue weighted by molar-refractivity contribution is 6.00. The Hall–Kier alpha value is -2.54. The van der Waals surface area contributed by atoms with Crippen molar-refractivity contribution in [1.29, 1.82) is 0 Å². The first kappa shape index (κ1) is 16.3. The minimum Gasteiger partial charge on any atom is -0.486 e. The first-order valence-corrected chi connectivity index (χ1v) is 7.95. The minimum absolute atomic E-state index is 0.111. The van der Waals surface area contributed by atoms with Crippen LogP contribution in [0.5, 0.6) is 11.5 Å². The topological polar surface area (TPSA) is 96.5 Å². The summed E-state index contributed by atoms with van der Waals surface area (Å²) in [6.45, 7) is 4.80. The Morgan fingerprint density at radius 1 is 1.33 bits per heavy atom. The van der Waals surface area contributed by atoms with Gasteiger partial charge in [-0.25, -0.2) is 0 Å². The molecule has 1 unspecified atom stereocenters. The van der Waals surface area contributed by atoms with Crippen LogP contribution in [0, 0.1) is 5.92 Å². The fraction of sp³-hybridized carbons (Fsp3) is 0.412. The molecule has 1 amide bonds. The van der Waals surface area contributed by atoms with E-state index in [1.165, 1.54) is 6.20 Å². The lowest BCUT2D eigenvalue weighted by Gasteiger charge is -2.20. The van der Waals surface area contributed by atoms with Gasteiger partial charge in [-0.2, -0.15) is 5.10 Å². The van der Waals surface area contributed by atoms with Gasteiger partial charge in [0.25, 0.3) is 5.91 Å². The summed E-state index contributed by atoms with van der Waals surface area (Å²) in [6, 6.07) is 5.19. The molecule has 3 N–H and O–H groups in total. The van der Waals surface area contributed by atoms with Gasteiger partial charge in [-0.15, -0.1) is 0 Å². The Labute approximate surface area is 140 Å². The quantitative estimate of drug-likeness (QED) is 0.773. The van der Waals surface area contributed by atoms with Gasteiger partial charge in [0.05, 0.1) is 30.1 Å². The Balaban J connectivity index is 1.86. The number of hydrogen-bond acceptors (Lipinski definition) is 5. The zero-order chi connectivity index (χ0) is 17.1. The smallest absolute Gasteiger partial charge is 0.255 e. The van der Waals surface area contributed by atoms with Crippen LogP contribution in [0.1, 0.15) is 24.2 Å². The number of aromatic amines is 1. The van der Waals surface area contributed by atoms with Crippen LogP contribution in [0.25, 0.3) is 11.3 Å². The Kier molecular flexibility index (Phi) is 4.71. The molecular weight excluding hydrogens is 310 g/mol. The number of aliphatic hydroxyl groups excluding tert-OH is 1. The van der Waals surface area contributed by atoms with E-state index in [1.807, 2.05) is 32.0 Å². The zero-order valence-corrected chi connectivity index (χ0v) is 13.7. The number of ether oxygens (including phenoxy) is 2. The van der Waals surface area contributed by atoms with Crippen LogP contribution < -0.4 is 14.8 Å². The maximum atomic E-state index is 12.5. The molecule has 0 fully saturated rings. The van der Waals surface area contributed by atoms with Gasteiger partial charge in [0.15, 0.2) is 11.5 Å². The van der Waals surface area contributed by atoms with Gasteiger partial charge >= 0.3 is 0 Å². The van der Waals surface area contributed by atoms with E-state index >= 15 is 0 Å². The van der Waals surface area contributed by atoms with E-state index < -0.39 is 0 Å². The van der Waals surface area contributed by atoms with E-state index in [4.69, 9.17) is 9.47 Å². The number of H-pyrrole nitrogens is 1. The summed E-state index contributed by atoms with van der Waals surface area (Å²) in [7, 11) is 0. The van der Waals surface area contributed by atoms with Gasteiger partial charge in [-0.05, 0) is 24.1 Å². The molecule has 1 aliphatic heterocycles. The van der Waals surface area contributed by atoms with Gasteiger partial charge < -0.3 is 19.9 Å². The number of carbonyl (C=O) groups excluding carboxylic acids is 1. The van der Waals surface area contributed by atoms with Crippen molar-refractivity contribution in [3.8, 4) is 22.8 Å². The van der Waals surface area contributed by atoms with Crippen molar-refractivity contribution in [2.45, 2.75) is 19.9 Å². The highest BCUT2D eigenvalue weighted by atomic mass is 16.6. The van der Waals surface area contributed by atoms with Gasteiger partial charge in [-0.1, -0.05) is 13.8 Å². The predicted octanol–water partition coefficient (Wildman–Crippen LogP) is 1.59. The fourth-order valence-corrected chi connectivity index (χ4v) is 2.55. The molecule has 24 heavy (non-hydrogen) atoms. The van der Waals surface area contributed by atoms with Gasteiger partial charge in [0, 0.05) is 5.56 Å². The number of amides is 1. The molecule has 7 heteroatoms. The number of rotatable bonds is 5. The third-order valence-electron chi connectivity index (χ3n) is 4.03. The van der Waals surface area contributed by atoms with Crippen LogP contribution in [-0.4, -0.2) is 47.1 Å². The highest BCUT2D eigenvalue weighted by Crippen LogP contribution is 2.34. The van der Waals surface area contributed by atoms with E-state index in [9.17, 15) is 9.90 Å². The number of benzene rings is 1. The molecule has 128 valence electrons. The zero-order valence-electron chi connectivity index (χ0n) is 13.7. The van der Waals surface area contributed by atoms with Crippen LogP contribution >= 0.6 is 0 Å². The molecule has 0 radical (unpaired) electrons. The number of fused-ring (bicyclic) bond motifs is 1. The van der Waals surface area contributed by atoms with Crippen LogP contribution in [-0.2, 0) is 0 Å². The summed E-state index contributed by atoms with van der Waals surface area (Å²) in [4.78, 5) is 12.5. The lowest BCUT2D eigenvalue weighted by Crippen LogP contribution is -2.41. The summed E-state index contributed by atoms with van der Waals surface area (Å²) < 4.78 is 11.1. The third kappa shape index (κ3) is 3.21. The molecule has 0 saturated heterocycles. The molecule has 1 atom stereocenters. The van der Waals surface area contributed by atoms with E-state index in [0.29, 0.717) is 36.0 Å². The molecule has 1 aromatic heterocycles. The van der Waals surface area contributed by atoms with E-state index in [1.54, 1.807) is 0 Å². The van der Waals surface area contributed by atoms with Crippen molar-refractivity contribution in [3.63, 3.8) is 0 Å². The van der Waals surface area contributed by atoms with Crippen LogP contribution in [0.3, 0.4) is 0 Å². The van der Waals surface area contributed by atoms with E-state index in [0.717, 1.165) is 5.56 Å². The maximum absolute atomic E-state index is 12.5. The number of nitrogens with one attached hydrogen (secondary N) is 2. The van der Waals surface area contributed by atoms with Gasteiger partial charge in [0.2, 0.25) is 0 Å². The Morgan fingerprint density at radius 3 is 2.79 bits per heavy atom. The highest BCUT2D eigenvalue weighted by Gasteiger charge is 2.21. The third-order valence-corrected chi connectivity index (χ3v) is 4.03. The number of aliphatic hydroxyl groups is 1. The molecule has 0 aliphatic carbocycles. The molecule has 1 aromatic carbocycles. The lowest BCUT2D eigenvalue weighted by molar-refractivity contribution is 0.0897. The summed E-state index contributed by atoms with van der Waals surface area (Å²) in [5.74, 6) is 1.19. The van der Waals surface area contributed by atoms with E-state index in [-0.39, 0.29) is 24.5 Å². The average molecular weight is 331 g/mol. The van der Waals surface area contributed by atoms with Crippen LogP contribution in [0.4, 0.5) is 0 Å². The van der Waals surface area contributed by atoms with Crippen LogP contribution in [0.15, 0.2) is 24.4 Å². The molecule has 1 aliphatic rings. The second-order valence-corrected chi connectivity index (χ2v) is 6.02. The van der Waals surface area contributed by atoms with Crippen molar-refractivity contribution in [3.05, 3.63) is 30.0 Å². The van der Waals surface area contributed by atoms with E-state index in [2.05, 4.69) is 15.5 Å². The average Bonchev–Trinajstić information content (AvgIpc) is 3.08. The molecule has 7 nitrogen and oxygen atoms in total. The SMILES string of the molecule is CC(C)C(CO)NC(=O)c1cn[nH]c1-c1ccc2c(c1)OCCO2. The normalized spacial score (nSPS) is 14.5. The number of nitrogens with zero attached hydrogens (tertiary/aromatic N) is 1. The van der Waals surface area contributed by atoms with Crippen molar-refractivity contribution < 1.29 is 19.4 Å². The maximum Gasteiger partial charge on any atom is 0.255 e. The van der Waals surface area contributed by atoms with Gasteiger partial charge in [0.1, 0.15) is 13.2 Å². The second kappa shape index (κ2) is 6.92. The summed E-state index contributed by atoms with van der Waals surface area (Å²) in [5.41, 5.74) is 1.81. The van der Waals surface area contributed by atoms with Crippen molar-refractivity contribution in [2.75, 3.05) is 19.8 Å². The summed E-state index contributed by atoms with van der Waals surface area (Å²) >= 11 is 0. The minimum atomic E-state index is -0.305. The monoisotopic (exact) mass is 331 g/mol. The number of carbonyl (C=O) groups is 1. The van der Waals surface area contributed by atoms with Crippen molar-refractivity contribution >= 4 is 5.91 Å². The van der Waals surface area contributed by atoms with Gasteiger partial charge in [-0.3, -0.25) is 9.89 Å². The standard InChI is InChI=1S/C17H21N3O4/c1-10(2)13(9-21)19-17(22)12-8-18-20-16(12)11-3-4-14-15(7-11)24-6-5-23-14/h3-4,7-8,10,13,21H,5-6,9H2,1-2H3,(H,18,20)(H,19,22). The first-order chi connectivity index (χ1) is 11.6. The number of hydrogen-bond donors (Lipinski definition) is 3.